The Morgan fingerprint density at radius 1 is 0.917 bits per heavy atom. The van der Waals surface area contributed by atoms with Crippen LogP contribution in [0.25, 0.3) is 5.76 Å². The van der Waals surface area contributed by atoms with Crippen LogP contribution in [-0.4, -0.2) is 23.3 Å². The van der Waals surface area contributed by atoms with Gasteiger partial charge < -0.3 is 10.4 Å². The highest BCUT2D eigenvalue weighted by Crippen LogP contribution is 2.20. The summed E-state index contributed by atoms with van der Waals surface area (Å²) in [6.45, 7) is 2.47. The first kappa shape index (κ1) is 17.5. The summed E-state index contributed by atoms with van der Waals surface area (Å²) < 4.78 is 0. The van der Waals surface area contributed by atoms with Crippen molar-refractivity contribution in [2.45, 2.75) is 19.8 Å². The van der Waals surface area contributed by atoms with E-state index in [2.05, 4.69) is 5.32 Å². The van der Waals surface area contributed by atoms with E-state index >= 15 is 0 Å². The maximum Gasteiger partial charge on any atom is 0.259 e. The fourth-order valence-electron chi connectivity index (χ4n) is 2.26. The Hall–Kier alpha value is -2.88. The van der Waals surface area contributed by atoms with E-state index in [1.165, 1.54) is 0 Å². The molecule has 4 nitrogen and oxygen atoms in total. The second kappa shape index (κ2) is 8.67. The molecule has 2 aromatic rings. The first-order valence-corrected chi connectivity index (χ1v) is 8.01. The molecule has 0 aliphatic heterocycles. The van der Waals surface area contributed by atoms with Gasteiger partial charge in [-0.25, -0.2) is 0 Å². The SMILES string of the molecule is CCCCNC(=O)/C(C(=O)c1ccccc1)=C(\O)c1ccccc1. The molecule has 0 saturated carbocycles. The van der Waals surface area contributed by atoms with Crippen LogP contribution in [0.1, 0.15) is 35.7 Å². The van der Waals surface area contributed by atoms with E-state index in [0.29, 0.717) is 17.7 Å². The van der Waals surface area contributed by atoms with Gasteiger partial charge >= 0.3 is 0 Å². The van der Waals surface area contributed by atoms with Crippen LogP contribution in [0.3, 0.4) is 0 Å². The quantitative estimate of drug-likeness (QED) is 0.204. The summed E-state index contributed by atoms with van der Waals surface area (Å²) in [7, 11) is 0. The van der Waals surface area contributed by atoms with Gasteiger partial charge in [-0.1, -0.05) is 74.0 Å². The Kier molecular flexibility index (Phi) is 6.32. The summed E-state index contributed by atoms with van der Waals surface area (Å²) in [5, 5.41) is 13.2. The highest BCUT2D eigenvalue weighted by Gasteiger charge is 2.25. The van der Waals surface area contributed by atoms with Crippen LogP contribution in [0.15, 0.2) is 66.2 Å². The minimum absolute atomic E-state index is 0.233. The van der Waals surface area contributed by atoms with E-state index in [1.54, 1.807) is 60.7 Å². The highest BCUT2D eigenvalue weighted by molar-refractivity contribution is 6.29. The maximum atomic E-state index is 12.8. The van der Waals surface area contributed by atoms with E-state index in [0.717, 1.165) is 12.8 Å². The third kappa shape index (κ3) is 4.32. The van der Waals surface area contributed by atoms with Gasteiger partial charge in [-0.15, -0.1) is 0 Å². The van der Waals surface area contributed by atoms with Crippen molar-refractivity contribution in [2.24, 2.45) is 0 Å². The molecule has 0 fully saturated rings. The molecule has 0 radical (unpaired) electrons. The second-order valence-electron chi connectivity index (χ2n) is 5.39. The fourth-order valence-corrected chi connectivity index (χ4v) is 2.26. The molecule has 2 aromatic carbocycles. The summed E-state index contributed by atoms with van der Waals surface area (Å²) in [5.41, 5.74) is 0.562. The van der Waals surface area contributed by atoms with Crippen molar-refractivity contribution >= 4 is 17.4 Å². The zero-order valence-corrected chi connectivity index (χ0v) is 13.7. The average Bonchev–Trinajstić information content (AvgIpc) is 2.63. The summed E-state index contributed by atoms with van der Waals surface area (Å²) in [6, 6.07) is 17.1. The number of benzene rings is 2. The molecule has 0 aliphatic rings. The lowest BCUT2D eigenvalue weighted by atomic mass is 9.98. The van der Waals surface area contributed by atoms with Crippen molar-refractivity contribution in [1.29, 1.82) is 0 Å². The predicted octanol–water partition coefficient (Wildman–Crippen LogP) is 3.75. The maximum absolute atomic E-state index is 12.8. The number of hydrogen-bond donors (Lipinski definition) is 2. The second-order valence-corrected chi connectivity index (χ2v) is 5.39. The van der Waals surface area contributed by atoms with Crippen molar-refractivity contribution in [3.05, 3.63) is 77.4 Å². The molecule has 124 valence electrons. The Morgan fingerprint density at radius 2 is 1.46 bits per heavy atom. The van der Waals surface area contributed by atoms with Gasteiger partial charge in [-0.05, 0) is 6.42 Å². The van der Waals surface area contributed by atoms with Crippen LogP contribution in [0, 0.1) is 0 Å². The van der Waals surface area contributed by atoms with Crippen molar-refractivity contribution < 1.29 is 14.7 Å². The van der Waals surface area contributed by atoms with Crippen LogP contribution < -0.4 is 5.32 Å². The van der Waals surface area contributed by atoms with E-state index in [9.17, 15) is 14.7 Å². The summed E-state index contributed by atoms with van der Waals surface area (Å²) in [4.78, 5) is 25.3. The van der Waals surface area contributed by atoms with Crippen molar-refractivity contribution in [3.63, 3.8) is 0 Å². The number of nitrogens with one attached hydrogen (secondary N) is 1. The first-order chi connectivity index (χ1) is 11.6. The number of Topliss-reactive ketones (excluding diaryl/α,β-unsaturated/α-hetero) is 1. The molecule has 0 unspecified atom stereocenters. The Bertz CT molecular complexity index is 721. The largest absolute Gasteiger partial charge is 0.506 e. The van der Waals surface area contributed by atoms with Gasteiger partial charge in [0.2, 0.25) is 5.78 Å². The van der Waals surface area contributed by atoms with Gasteiger partial charge in [0.15, 0.2) is 0 Å². The molecule has 2 N–H and O–H groups in total. The van der Waals surface area contributed by atoms with Crippen molar-refractivity contribution in [3.8, 4) is 0 Å². The molecular weight excluding hydrogens is 302 g/mol. The van der Waals surface area contributed by atoms with Crippen LogP contribution >= 0.6 is 0 Å². The predicted molar refractivity (Wildman–Crippen MR) is 94.7 cm³/mol. The lowest BCUT2D eigenvalue weighted by Crippen LogP contribution is -2.30. The Labute approximate surface area is 141 Å². The molecule has 0 saturated heterocycles. The fraction of sp³-hybridized carbons (Fsp3) is 0.200. The van der Waals surface area contributed by atoms with E-state index in [-0.39, 0.29) is 11.3 Å². The van der Waals surface area contributed by atoms with Gasteiger partial charge in [-0.3, -0.25) is 9.59 Å². The van der Waals surface area contributed by atoms with Crippen LogP contribution in [-0.2, 0) is 4.79 Å². The molecule has 0 aromatic heterocycles. The highest BCUT2D eigenvalue weighted by atomic mass is 16.3. The minimum Gasteiger partial charge on any atom is -0.506 e. The molecule has 0 spiro atoms. The average molecular weight is 323 g/mol. The number of amides is 1. The number of hydrogen-bond acceptors (Lipinski definition) is 3. The van der Waals surface area contributed by atoms with Crippen LogP contribution in [0.5, 0.6) is 0 Å². The van der Waals surface area contributed by atoms with Gasteiger partial charge in [-0.2, -0.15) is 0 Å². The number of unbranched alkanes of at least 4 members (excludes halogenated alkanes) is 1. The summed E-state index contributed by atoms with van der Waals surface area (Å²) in [5.74, 6) is -1.36. The lowest BCUT2D eigenvalue weighted by Gasteiger charge is -2.11. The van der Waals surface area contributed by atoms with Gasteiger partial charge in [0.05, 0.1) is 0 Å². The third-order valence-electron chi connectivity index (χ3n) is 3.59. The topological polar surface area (TPSA) is 66.4 Å². The number of carbonyl (C=O) groups is 2. The number of rotatable bonds is 7. The number of aliphatic hydroxyl groups is 1. The normalized spacial score (nSPS) is 11.5. The van der Waals surface area contributed by atoms with Gasteiger partial charge in [0.25, 0.3) is 5.91 Å². The Balaban J connectivity index is 2.42. The summed E-state index contributed by atoms with van der Waals surface area (Å²) >= 11 is 0. The van der Waals surface area contributed by atoms with Crippen molar-refractivity contribution in [1.82, 2.24) is 5.32 Å². The van der Waals surface area contributed by atoms with E-state index in [4.69, 9.17) is 0 Å². The molecule has 2 rings (SSSR count). The zero-order chi connectivity index (χ0) is 17.4. The molecule has 4 heteroatoms. The minimum atomic E-state index is -0.557. The molecule has 1 amide bonds. The van der Waals surface area contributed by atoms with Crippen LogP contribution in [0.2, 0.25) is 0 Å². The molecular formula is C20H21NO3. The van der Waals surface area contributed by atoms with Crippen molar-refractivity contribution in [2.75, 3.05) is 6.54 Å². The first-order valence-electron chi connectivity index (χ1n) is 8.01. The standard InChI is InChI=1S/C20H21NO3/c1-2-3-14-21-20(24)17(18(22)15-10-6-4-7-11-15)19(23)16-12-8-5-9-13-16/h4-13,22H,2-3,14H2,1H3,(H,21,24)/b18-17-. The van der Waals surface area contributed by atoms with Gasteiger partial charge in [0.1, 0.15) is 11.3 Å². The molecule has 0 bridgehead atoms. The summed E-state index contributed by atoms with van der Waals surface area (Å²) in [6.07, 6.45) is 1.74. The Morgan fingerprint density at radius 3 is 2.00 bits per heavy atom. The smallest absolute Gasteiger partial charge is 0.259 e. The van der Waals surface area contributed by atoms with Gasteiger partial charge in [0, 0.05) is 17.7 Å². The number of carbonyl (C=O) groups excluding carboxylic acids is 2. The molecule has 24 heavy (non-hydrogen) atoms. The monoisotopic (exact) mass is 323 g/mol. The molecule has 0 heterocycles. The third-order valence-corrected chi connectivity index (χ3v) is 3.59. The molecule has 0 atom stereocenters. The lowest BCUT2D eigenvalue weighted by molar-refractivity contribution is -0.117. The van der Waals surface area contributed by atoms with Crippen LogP contribution in [0.4, 0.5) is 0 Å². The van der Waals surface area contributed by atoms with E-state index < -0.39 is 11.7 Å². The zero-order valence-electron chi connectivity index (χ0n) is 13.7. The number of ketones is 1. The molecule has 0 aliphatic carbocycles. The number of aliphatic hydroxyl groups excluding tert-OH is 1. The van der Waals surface area contributed by atoms with E-state index in [1.807, 2.05) is 6.92 Å².